The Morgan fingerprint density at radius 1 is 1.12 bits per heavy atom. The summed E-state index contributed by atoms with van der Waals surface area (Å²) in [5.74, 6) is 1.56. The summed E-state index contributed by atoms with van der Waals surface area (Å²) in [5.41, 5.74) is 0.485. The number of rotatable bonds is 4. The highest BCUT2D eigenvalue weighted by atomic mass is 32.2. The largest absolute Gasteiger partial charge is 0.497 e. The van der Waals surface area contributed by atoms with Gasteiger partial charge in [-0.3, -0.25) is 9.69 Å². The van der Waals surface area contributed by atoms with Crippen LogP contribution in [0.2, 0.25) is 0 Å². The van der Waals surface area contributed by atoms with Crippen LogP contribution in [0.1, 0.15) is 16.8 Å². The van der Waals surface area contributed by atoms with Crippen molar-refractivity contribution in [2.45, 2.75) is 12.5 Å². The summed E-state index contributed by atoms with van der Waals surface area (Å²) in [6, 6.07) is 5.27. The maximum absolute atomic E-state index is 12.9. The fourth-order valence-electron chi connectivity index (χ4n) is 3.51. The lowest BCUT2D eigenvalue weighted by molar-refractivity contribution is 0.0584. The van der Waals surface area contributed by atoms with Crippen LogP contribution in [-0.4, -0.2) is 82.1 Å². The van der Waals surface area contributed by atoms with Gasteiger partial charge in [0.25, 0.3) is 5.91 Å². The van der Waals surface area contributed by atoms with E-state index in [-0.39, 0.29) is 23.5 Å². The molecule has 1 atom stereocenters. The highest BCUT2D eigenvalue weighted by Gasteiger charge is 2.34. The Hall–Kier alpha value is -1.80. The minimum atomic E-state index is -2.89. The molecule has 7 nitrogen and oxygen atoms in total. The zero-order valence-electron chi connectivity index (χ0n) is 14.6. The Morgan fingerprint density at radius 3 is 2.40 bits per heavy atom. The van der Waals surface area contributed by atoms with Gasteiger partial charge in [-0.05, 0) is 24.6 Å². The number of ether oxygens (including phenoxy) is 2. The van der Waals surface area contributed by atoms with Gasteiger partial charge in [-0.2, -0.15) is 0 Å². The zero-order valence-corrected chi connectivity index (χ0v) is 15.4. The van der Waals surface area contributed by atoms with Gasteiger partial charge in [-0.25, -0.2) is 8.42 Å². The Labute approximate surface area is 148 Å². The molecule has 1 aromatic carbocycles. The average Bonchev–Trinajstić information content (AvgIpc) is 3.00. The highest BCUT2D eigenvalue weighted by molar-refractivity contribution is 7.91. The molecule has 3 rings (SSSR count). The Balaban J connectivity index is 1.66. The van der Waals surface area contributed by atoms with E-state index in [1.54, 1.807) is 30.2 Å². The molecule has 1 aromatic rings. The molecular weight excluding hydrogens is 344 g/mol. The normalized spacial score (nSPS) is 23.4. The molecule has 0 spiro atoms. The summed E-state index contributed by atoms with van der Waals surface area (Å²) in [6.45, 7) is 2.54. The van der Waals surface area contributed by atoms with Crippen molar-refractivity contribution in [3.8, 4) is 11.5 Å². The highest BCUT2D eigenvalue weighted by Crippen LogP contribution is 2.26. The average molecular weight is 368 g/mol. The number of nitrogens with zero attached hydrogens (tertiary/aromatic N) is 2. The molecular formula is C17H24N2O5S. The predicted molar refractivity (Wildman–Crippen MR) is 94.1 cm³/mol. The molecule has 0 aliphatic carbocycles. The first-order chi connectivity index (χ1) is 11.9. The molecule has 0 radical (unpaired) electrons. The van der Waals surface area contributed by atoms with Crippen molar-refractivity contribution in [1.82, 2.24) is 9.80 Å². The van der Waals surface area contributed by atoms with Crippen molar-refractivity contribution < 1.29 is 22.7 Å². The van der Waals surface area contributed by atoms with Crippen LogP contribution in [0, 0.1) is 0 Å². The number of piperazine rings is 1. The van der Waals surface area contributed by atoms with Gasteiger partial charge in [-0.15, -0.1) is 0 Å². The lowest BCUT2D eigenvalue weighted by Gasteiger charge is -2.37. The standard InChI is InChI=1S/C17H24N2O5S/c1-23-14-3-4-16(24-2)15(11-14)17(20)19-8-6-18(7-9-19)13-5-10-25(21,22)12-13/h3-4,11,13H,5-10,12H2,1-2H3/t13-/m1/s1. The molecule has 2 saturated heterocycles. The topological polar surface area (TPSA) is 76.2 Å². The molecule has 1 amide bonds. The maximum atomic E-state index is 12.9. The van der Waals surface area contributed by atoms with Crippen molar-refractivity contribution in [2.75, 3.05) is 51.9 Å². The van der Waals surface area contributed by atoms with Crippen LogP contribution >= 0.6 is 0 Å². The van der Waals surface area contributed by atoms with E-state index in [1.165, 1.54) is 7.11 Å². The van der Waals surface area contributed by atoms with Gasteiger partial charge in [0.1, 0.15) is 11.5 Å². The van der Waals surface area contributed by atoms with Crippen LogP contribution in [0.15, 0.2) is 18.2 Å². The van der Waals surface area contributed by atoms with Crippen molar-refractivity contribution in [1.29, 1.82) is 0 Å². The molecule has 0 N–H and O–H groups in total. The lowest BCUT2D eigenvalue weighted by atomic mass is 10.1. The van der Waals surface area contributed by atoms with Crippen LogP contribution in [0.5, 0.6) is 11.5 Å². The van der Waals surface area contributed by atoms with Gasteiger partial charge in [0, 0.05) is 32.2 Å². The van der Waals surface area contributed by atoms with E-state index in [4.69, 9.17) is 9.47 Å². The molecule has 25 heavy (non-hydrogen) atoms. The van der Waals surface area contributed by atoms with Crippen LogP contribution < -0.4 is 9.47 Å². The molecule has 138 valence electrons. The molecule has 8 heteroatoms. The number of benzene rings is 1. The number of methoxy groups -OCH3 is 2. The minimum Gasteiger partial charge on any atom is -0.497 e. The van der Waals surface area contributed by atoms with Gasteiger partial charge in [0.15, 0.2) is 9.84 Å². The smallest absolute Gasteiger partial charge is 0.257 e. The van der Waals surface area contributed by atoms with Crippen molar-refractivity contribution >= 4 is 15.7 Å². The second kappa shape index (κ2) is 7.21. The van der Waals surface area contributed by atoms with E-state index >= 15 is 0 Å². The lowest BCUT2D eigenvalue weighted by Crippen LogP contribution is -2.52. The fourth-order valence-corrected chi connectivity index (χ4v) is 5.27. The van der Waals surface area contributed by atoms with E-state index in [9.17, 15) is 13.2 Å². The molecule has 0 saturated carbocycles. The fraction of sp³-hybridized carbons (Fsp3) is 0.588. The Kier molecular flexibility index (Phi) is 5.19. The van der Waals surface area contributed by atoms with E-state index in [0.717, 1.165) is 0 Å². The number of carbonyl (C=O) groups is 1. The second-order valence-electron chi connectivity index (χ2n) is 6.45. The minimum absolute atomic E-state index is 0.0885. The summed E-state index contributed by atoms with van der Waals surface area (Å²) < 4.78 is 33.8. The maximum Gasteiger partial charge on any atom is 0.257 e. The van der Waals surface area contributed by atoms with Crippen LogP contribution in [-0.2, 0) is 9.84 Å². The van der Waals surface area contributed by atoms with Crippen LogP contribution in [0.4, 0.5) is 0 Å². The first-order valence-corrected chi connectivity index (χ1v) is 10.2. The molecule has 0 aromatic heterocycles. The third kappa shape index (κ3) is 3.90. The van der Waals surface area contributed by atoms with Crippen LogP contribution in [0.25, 0.3) is 0 Å². The third-order valence-corrected chi connectivity index (χ3v) is 6.71. The first kappa shape index (κ1) is 18.0. The van der Waals surface area contributed by atoms with Crippen molar-refractivity contribution in [3.63, 3.8) is 0 Å². The molecule has 2 heterocycles. The summed E-state index contributed by atoms with van der Waals surface area (Å²) in [5, 5.41) is 0. The van der Waals surface area contributed by atoms with E-state index in [2.05, 4.69) is 4.90 Å². The van der Waals surface area contributed by atoms with Gasteiger partial charge in [-0.1, -0.05) is 0 Å². The molecule has 0 unspecified atom stereocenters. The number of amides is 1. The first-order valence-electron chi connectivity index (χ1n) is 8.39. The second-order valence-corrected chi connectivity index (χ2v) is 8.68. The third-order valence-electron chi connectivity index (χ3n) is 4.96. The van der Waals surface area contributed by atoms with Crippen LogP contribution in [0.3, 0.4) is 0 Å². The van der Waals surface area contributed by atoms with E-state index in [0.29, 0.717) is 49.7 Å². The molecule has 0 bridgehead atoms. The zero-order chi connectivity index (χ0) is 18.0. The number of sulfone groups is 1. The van der Waals surface area contributed by atoms with Gasteiger partial charge >= 0.3 is 0 Å². The predicted octanol–water partition coefficient (Wildman–Crippen LogP) is 0.649. The monoisotopic (exact) mass is 368 g/mol. The Morgan fingerprint density at radius 2 is 1.84 bits per heavy atom. The summed E-state index contributed by atoms with van der Waals surface area (Å²) in [4.78, 5) is 16.8. The molecule has 2 fully saturated rings. The van der Waals surface area contributed by atoms with Crippen molar-refractivity contribution in [3.05, 3.63) is 23.8 Å². The van der Waals surface area contributed by atoms with E-state index < -0.39 is 9.84 Å². The molecule has 2 aliphatic heterocycles. The molecule has 2 aliphatic rings. The summed E-state index contributed by atoms with van der Waals surface area (Å²) in [6.07, 6.45) is 0.694. The Bertz CT molecular complexity index is 741. The van der Waals surface area contributed by atoms with E-state index in [1.807, 2.05) is 0 Å². The SMILES string of the molecule is COc1ccc(OC)c(C(=O)N2CCN([C@@H]3CCS(=O)(=O)C3)CC2)c1. The summed E-state index contributed by atoms with van der Waals surface area (Å²) >= 11 is 0. The van der Waals surface area contributed by atoms with Gasteiger partial charge in [0.05, 0.1) is 31.3 Å². The number of hydrogen-bond donors (Lipinski definition) is 0. The quantitative estimate of drug-likeness (QED) is 0.777. The van der Waals surface area contributed by atoms with Gasteiger partial charge < -0.3 is 14.4 Å². The number of carbonyl (C=O) groups excluding carboxylic acids is 1. The van der Waals surface area contributed by atoms with Crippen molar-refractivity contribution in [2.24, 2.45) is 0 Å². The summed E-state index contributed by atoms with van der Waals surface area (Å²) in [7, 11) is 0.212. The van der Waals surface area contributed by atoms with Gasteiger partial charge in [0.2, 0.25) is 0 Å². The number of hydrogen-bond acceptors (Lipinski definition) is 6.